The van der Waals surface area contributed by atoms with E-state index in [1.165, 1.54) is 11.8 Å². The quantitative estimate of drug-likeness (QED) is 0.683. The first-order valence-corrected chi connectivity index (χ1v) is 8.07. The summed E-state index contributed by atoms with van der Waals surface area (Å²) in [6.45, 7) is 0. The standard InChI is InChI=1S/C18H13BrN4O2/c1-25-18(24)12-4-8-14(9-5-12)23-17(21)15(10-20)16(22-23)11-2-6-13(19)7-3-11/h2-9H,21H2,1H3. The van der Waals surface area contributed by atoms with Crippen molar-refractivity contribution < 1.29 is 9.53 Å². The topological polar surface area (TPSA) is 93.9 Å². The maximum absolute atomic E-state index is 11.5. The van der Waals surface area contributed by atoms with Crippen LogP contribution >= 0.6 is 15.9 Å². The van der Waals surface area contributed by atoms with Crippen LogP contribution in [0.4, 0.5) is 5.82 Å². The van der Waals surface area contributed by atoms with Crippen LogP contribution < -0.4 is 5.73 Å². The Morgan fingerprint density at radius 1 is 1.20 bits per heavy atom. The largest absolute Gasteiger partial charge is 0.465 e. The maximum atomic E-state index is 11.5. The number of nitriles is 1. The van der Waals surface area contributed by atoms with Crippen LogP contribution in [-0.2, 0) is 4.74 Å². The lowest BCUT2D eigenvalue weighted by molar-refractivity contribution is 0.0601. The summed E-state index contributed by atoms with van der Waals surface area (Å²) in [6, 6.07) is 16.2. The van der Waals surface area contributed by atoms with E-state index in [2.05, 4.69) is 31.8 Å². The van der Waals surface area contributed by atoms with Gasteiger partial charge in [0, 0.05) is 10.0 Å². The number of anilines is 1. The number of nitrogens with zero attached hydrogens (tertiary/aromatic N) is 3. The van der Waals surface area contributed by atoms with Crippen LogP contribution in [0.5, 0.6) is 0 Å². The van der Waals surface area contributed by atoms with E-state index < -0.39 is 5.97 Å². The Morgan fingerprint density at radius 2 is 1.84 bits per heavy atom. The first kappa shape index (κ1) is 16.7. The Hall–Kier alpha value is -3.11. The molecule has 3 rings (SSSR count). The third-order valence-electron chi connectivity index (χ3n) is 3.68. The van der Waals surface area contributed by atoms with Crippen molar-refractivity contribution in [3.05, 3.63) is 64.1 Å². The van der Waals surface area contributed by atoms with E-state index in [1.807, 2.05) is 24.3 Å². The molecule has 0 atom stereocenters. The number of halogens is 1. The van der Waals surface area contributed by atoms with Crippen molar-refractivity contribution in [3.8, 4) is 23.0 Å². The number of hydrogen-bond donors (Lipinski definition) is 1. The average Bonchev–Trinajstić information content (AvgIpc) is 2.98. The molecule has 0 saturated carbocycles. The van der Waals surface area contributed by atoms with Gasteiger partial charge in [-0.3, -0.25) is 0 Å². The molecular weight excluding hydrogens is 384 g/mol. The van der Waals surface area contributed by atoms with Crippen LogP contribution in [0.3, 0.4) is 0 Å². The molecule has 0 bridgehead atoms. The molecule has 25 heavy (non-hydrogen) atoms. The highest BCUT2D eigenvalue weighted by molar-refractivity contribution is 9.10. The van der Waals surface area contributed by atoms with E-state index in [0.717, 1.165) is 10.0 Å². The van der Waals surface area contributed by atoms with Gasteiger partial charge in [-0.15, -0.1) is 0 Å². The van der Waals surface area contributed by atoms with Crippen molar-refractivity contribution in [2.75, 3.05) is 12.8 Å². The highest BCUT2D eigenvalue weighted by Gasteiger charge is 2.18. The minimum Gasteiger partial charge on any atom is -0.465 e. The van der Waals surface area contributed by atoms with Gasteiger partial charge >= 0.3 is 5.97 Å². The van der Waals surface area contributed by atoms with E-state index in [1.54, 1.807) is 24.3 Å². The number of rotatable bonds is 3. The molecule has 0 spiro atoms. The van der Waals surface area contributed by atoms with Gasteiger partial charge in [-0.05, 0) is 36.4 Å². The second-order valence-electron chi connectivity index (χ2n) is 5.18. The van der Waals surface area contributed by atoms with Crippen LogP contribution in [-0.4, -0.2) is 22.9 Å². The van der Waals surface area contributed by atoms with Gasteiger partial charge in [-0.25, -0.2) is 9.48 Å². The Bertz CT molecular complexity index is 970. The fourth-order valence-electron chi connectivity index (χ4n) is 2.40. The van der Waals surface area contributed by atoms with Crippen LogP contribution in [0.25, 0.3) is 16.9 Å². The number of benzene rings is 2. The van der Waals surface area contributed by atoms with Crippen molar-refractivity contribution in [2.45, 2.75) is 0 Å². The second kappa shape index (κ2) is 6.79. The van der Waals surface area contributed by atoms with Gasteiger partial charge in [0.25, 0.3) is 0 Å². The SMILES string of the molecule is COC(=O)c1ccc(-n2nc(-c3ccc(Br)cc3)c(C#N)c2N)cc1. The zero-order chi connectivity index (χ0) is 18.0. The Balaban J connectivity index is 2.07. The summed E-state index contributed by atoms with van der Waals surface area (Å²) in [5, 5.41) is 14.0. The third-order valence-corrected chi connectivity index (χ3v) is 4.21. The van der Waals surface area contributed by atoms with E-state index in [9.17, 15) is 10.1 Å². The number of nitrogen functional groups attached to an aromatic ring is 1. The first-order chi connectivity index (χ1) is 12.0. The van der Waals surface area contributed by atoms with Gasteiger partial charge in [-0.2, -0.15) is 10.4 Å². The monoisotopic (exact) mass is 396 g/mol. The lowest BCUT2D eigenvalue weighted by atomic mass is 10.1. The molecule has 1 heterocycles. The average molecular weight is 397 g/mol. The number of carbonyl (C=O) groups is 1. The molecule has 1 aromatic heterocycles. The van der Waals surface area contributed by atoms with E-state index in [0.29, 0.717) is 22.5 Å². The minimum absolute atomic E-state index is 0.242. The van der Waals surface area contributed by atoms with Crippen molar-refractivity contribution >= 4 is 27.7 Å². The normalized spacial score (nSPS) is 10.3. The van der Waals surface area contributed by atoms with Gasteiger partial charge < -0.3 is 10.5 Å². The predicted molar refractivity (Wildman–Crippen MR) is 97.2 cm³/mol. The molecule has 0 aliphatic rings. The molecule has 6 nitrogen and oxygen atoms in total. The molecule has 7 heteroatoms. The van der Waals surface area contributed by atoms with E-state index in [4.69, 9.17) is 5.73 Å². The zero-order valence-corrected chi connectivity index (χ0v) is 14.8. The number of aromatic nitrogens is 2. The van der Waals surface area contributed by atoms with Crippen molar-refractivity contribution in [1.82, 2.24) is 9.78 Å². The van der Waals surface area contributed by atoms with Gasteiger partial charge in [0.1, 0.15) is 23.1 Å². The molecule has 0 fully saturated rings. The summed E-state index contributed by atoms with van der Waals surface area (Å²) in [7, 11) is 1.32. The lowest BCUT2D eigenvalue weighted by Crippen LogP contribution is -2.04. The molecular formula is C18H13BrN4O2. The first-order valence-electron chi connectivity index (χ1n) is 7.28. The number of hydrogen-bond acceptors (Lipinski definition) is 5. The van der Waals surface area contributed by atoms with Crippen molar-refractivity contribution in [1.29, 1.82) is 5.26 Å². The van der Waals surface area contributed by atoms with Gasteiger partial charge in [0.15, 0.2) is 0 Å². The summed E-state index contributed by atoms with van der Waals surface area (Å²) in [5.41, 5.74) is 8.78. The number of methoxy groups -OCH3 is 1. The molecule has 0 saturated heterocycles. The molecule has 2 aromatic carbocycles. The smallest absolute Gasteiger partial charge is 0.337 e. The second-order valence-corrected chi connectivity index (χ2v) is 6.09. The van der Waals surface area contributed by atoms with Crippen molar-refractivity contribution in [2.24, 2.45) is 0 Å². The number of carbonyl (C=O) groups excluding carboxylic acids is 1. The molecule has 0 unspecified atom stereocenters. The highest BCUT2D eigenvalue weighted by Crippen LogP contribution is 2.29. The predicted octanol–water partition coefficient (Wildman–Crippen LogP) is 3.54. The van der Waals surface area contributed by atoms with Crippen molar-refractivity contribution in [3.63, 3.8) is 0 Å². The summed E-state index contributed by atoms with van der Waals surface area (Å²) in [4.78, 5) is 11.5. The van der Waals surface area contributed by atoms with Crippen LogP contribution in [0, 0.1) is 11.3 Å². The Labute approximate surface area is 152 Å². The summed E-state index contributed by atoms with van der Waals surface area (Å²) < 4.78 is 7.09. The zero-order valence-electron chi connectivity index (χ0n) is 13.2. The molecule has 124 valence electrons. The summed E-state index contributed by atoms with van der Waals surface area (Å²) >= 11 is 3.38. The van der Waals surface area contributed by atoms with Crippen LogP contribution in [0.15, 0.2) is 53.0 Å². The molecule has 0 radical (unpaired) electrons. The number of esters is 1. The van der Waals surface area contributed by atoms with Gasteiger partial charge in [-0.1, -0.05) is 28.1 Å². The molecule has 0 aliphatic heterocycles. The molecule has 0 amide bonds. The van der Waals surface area contributed by atoms with Crippen LogP contribution in [0.1, 0.15) is 15.9 Å². The van der Waals surface area contributed by atoms with Crippen LogP contribution in [0.2, 0.25) is 0 Å². The fourth-order valence-corrected chi connectivity index (χ4v) is 2.67. The Kier molecular flexibility index (Phi) is 4.55. The fraction of sp³-hybridized carbons (Fsp3) is 0.0556. The summed E-state index contributed by atoms with van der Waals surface area (Å²) in [5.74, 6) is -0.181. The highest BCUT2D eigenvalue weighted by atomic mass is 79.9. The Morgan fingerprint density at radius 3 is 2.40 bits per heavy atom. The van der Waals surface area contributed by atoms with Gasteiger partial charge in [0.2, 0.25) is 0 Å². The minimum atomic E-state index is -0.423. The maximum Gasteiger partial charge on any atom is 0.337 e. The van der Waals surface area contributed by atoms with Gasteiger partial charge in [0.05, 0.1) is 18.4 Å². The third kappa shape index (κ3) is 3.12. The van der Waals surface area contributed by atoms with E-state index >= 15 is 0 Å². The van der Waals surface area contributed by atoms with E-state index in [-0.39, 0.29) is 5.82 Å². The number of nitrogens with two attached hydrogens (primary N) is 1. The molecule has 3 aromatic rings. The molecule has 0 aliphatic carbocycles. The lowest BCUT2D eigenvalue weighted by Gasteiger charge is -2.05. The number of ether oxygens (including phenoxy) is 1. The summed E-state index contributed by atoms with van der Waals surface area (Å²) in [6.07, 6.45) is 0. The molecule has 2 N–H and O–H groups in total.